The Morgan fingerprint density at radius 3 is 2.88 bits per heavy atom. The molecule has 0 aliphatic rings. The van der Waals surface area contributed by atoms with Crippen LogP contribution in [0.3, 0.4) is 0 Å². The summed E-state index contributed by atoms with van der Waals surface area (Å²) in [4.78, 5) is 4.14. The molecule has 5 heteroatoms. The molecule has 4 nitrogen and oxygen atoms in total. The van der Waals surface area contributed by atoms with E-state index >= 15 is 0 Å². The monoisotopic (exact) mass is 237 g/mol. The molecule has 84 valence electrons. The maximum Gasteiger partial charge on any atom is 0.145 e. The Labute approximate surface area is 98.6 Å². The third kappa shape index (κ3) is 2.17. The number of rotatable bonds is 3. The highest BCUT2D eigenvalue weighted by Gasteiger charge is 2.09. The minimum absolute atomic E-state index is 0.606. The van der Waals surface area contributed by atoms with Crippen LogP contribution in [-0.4, -0.2) is 10.1 Å². The van der Waals surface area contributed by atoms with E-state index in [0.29, 0.717) is 17.4 Å². The van der Waals surface area contributed by atoms with Gasteiger partial charge in [-0.3, -0.25) is 0 Å². The molecule has 2 aromatic rings. The lowest BCUT2D eigenvalue weighted by Crippen LogP contribution is -2.03. The third-order valence-electron chi connectivity index (χ3n) is 2.37. The maximum absolute atomic E-state index is 5.98. The van der Waals surface area contributed by atoms with Crippen LogP contribution in [-0.2, 0) is 6.54 Å². The zero-order valence-electron chi connectivity index (χ0n) is 9.12. The Morgan fingerprint density at radius 2 is 2.25 bits per heavy atom. The van der Waals surface area contributed by atoms with Gasteiger partial charge in [-0.2, -0.15) is 0 Å². The molecule has 0 saturated carbocycles. The number of nitrogens with zero attached hydrogens (tertiary/aromatic N) is 2. The summed E-state index contributed by atoms with van der Waals surface area (Å²) in [6.07, 6.45) is 1.70. The van der Waals surface area contributed by atoms with Gasteiger partial charge >= 0.3 is 0 Å². The Balaban J connectivity index is 2.11. The van der Waals surface area contributed by atoms with Crippen LogP contribution in [0.2, 0.25) is 5.02 Å². The molecule has 2 heterocycles. The Bertz CT molecular complexity index is 476. The maximum atomic E-state index is 5.98. The van der Waals surface area contributed by atoms with Crippen molar-refractivity contribution in [1.29, 1.82) is 0 Å². The normalized spacial score (nSPS) is 10.4. The predicted molar refractivity (Wildman–Crippen MR) is 62.6 cm³/mol. The van der Waals surface area contributed by atoms with Crippen molar-refractivity contribution in [2.75, 3.05) is 5.32 Å². The summed E-state index contributed by atoms with van der Waals surface area (Å²) in [6, 6.07) is 3.59. The van der Waals surface area contributed by atoms with Crippen molar-refractivity contribution in [3.05, 3.63) is 40.4 Å². The third-order valence-corrected chi connectivity index (χ3v) is 2.68. The van der Waals surface area contributed by atoms with E-state index in [-0.39, 0.29) is 0 Å². The lowest BCUT2D eigenvalue weighted by atomic mass is 10.2. The van der Waals surface area contributed by atoms with Crippen molar-refractivity contribution in [3.63, 3.8) is 0 Å². The Morgan fingerprint density at radius 1 is 1.44 bits per heavy atom. The first-order chi connectivity index (χ1) is 7.68. The number of pyridine rings is 1. The number of nitrogens with one attached hydrogen (secondary N) is 1. The summed E-state index contributed by atoms with van der Waals surface area (Å²) < 4.78 is 5.07. The molecule has 2 rings (SSSR count). The van der Waals surface area contributed by atoms with E-state index in [1.165, 1.54) is 0 Å². The first-order valence-electron chi connectivity index (χ1n) is 4.94. The van der Waals surface area contributed by atoms with E-state index in [2.05, 4.69) is 15.5 Å². The van der Waals surface area contributed by atoms with Crippen LogP contribution in [0, 0.1) is 13.8 Å². The number of anilines is 1. The standard InChI is InChI=1S/C11H12ClN3O/c1-7-9(8(2)16-15-7)6-14-11-10(12)4-3-5-13-11/h3-5H,6H2,1-2H3,(H,13,14). The average molecular weight is 238 g/mol. The van der Waals surface area contributed by atoms with Crippen molar-refractivity contribution in [2.45, 2.75) is 20.4 Å². The predicted octanol–water partition coefficient (Wildman–Crippen LogP) is 2.95. The van der Waals surface area contributed by atoms with Crippen LogP contribution in [0.15, 0.2) is 22.9 Å². The highest BCUT2D eigenvalue weighted by atomic mass is 35.5. The summed E-state index contributed by atoms with van der Waals surface area (Å²) in [7, 11) is 0. The molecule has 0 amide bonds. The molecule has 0 unspecified atom stereocenters. The van der Waals surface area contributed by atoms with Crippen molar-refractivity contribution in [1.82, 2.24) is 10.1 Å². The van der Waals surface area contributed by atoms with Gasteiger partial charge in [-0.15, -0.1) is 0 Å². The average Bonchev–Trinajstić information content (AvgIpc) is 2.58. The molecule has 0 saturated heterocycles. The van der Waals surface area contributed by atoms with E-state index < -0.39 is 0 Å². The Kier molecular flexibility index (Phi) is 3.10. The van der Waals surface area contributed by atoms with Gasteiger partial charge in [0.25, 0.3) is 0 Å². The van der Waals surface area contributed by atoms with Gasteiger partial charge in [-0.05, 0) is 26.0 Å². The number of aromatic nitrogens is 2. The molecule has 16 heavy (non-hydrogen) atoms. The quantitative estimate of drug-likeness (QED) is 0.892. The first-order valence-corrected chi connectivity index (χ1v) is 5.32. The summed E-state index contributed by atoms with van der Waals surface area (Å²) >= 11 is 5.98. The molecule has 0 aliphatic heterocycles. The van der Waals surface area contributed by atoms with E-state index in [1.807, 2.05) is 13.8 Å². The fourth-order valence-electron chi connectivity index (χ4n) is 1.44. The molecule has 0 atom stereocenters. The fraction of sp³-hybridized carbons (Fsp3) is 0.273. The smallest absolute Gasteiger partial charge is 0.145 e. The highest BCUT2D eigenvalue weighted by Crippen LogP contribution is 2.19. The fourth-order valence-corrected chi connectivity index (χ4v) is 1.63. The molecule has 0 aliphatic carbocycles. The van der Waals surface area contributed by atoms with Crippen LogP contribution in [0.1, 0.15) is 17.0 Å². The second-order valence-corrected chi connectivity index (χ2v) is 3.90. The number of hydrogen-bond donors (Lipinski definition) is 1. The van der Waals surface area contributed by atoms with E-state index in [4.69, 9.17) is 16.1 Å². The number of aryl methyl sites for hydroxylation is 2. The van der Waals surface area contributed by atoms with Crippen LogP contribution in [0.4, 0.5) is 5.82 Å². The van der Waals surface area contributed by atoms with Crippen molar-refractivity contribution >= 4 is 17.4 Å². The number of halogens is 1. The lowest BCUT2D eigenvalue weighted by molar-refractivity contribution is 0.392. The van der Waals surface area contributed by atoms with E-state index in [0.717, 1.165) is 17.0 Å². The molecule has 1 N–H and O–H groups in total. The first kappa shape index (κ1) is 11.0. The van der Waals surface area contributed by atoms with Gasteiger partial charge in [-0.25, -0.2) is 4.98 Å². The van der Waals surface area contributed by atoms with Gasteiger partial charge in [0.2, 0.25) is 0 Å². The van der Waals surface area contributed by atoms with Gasteiger partial charge in [-0.1, -0.05) is 16.8 Å². The highest BCUT2D eigenvalue weighted by molar-refractivity contribution is 6.32. The largest absolute Gasteiger partial charge is 0.365 e. The second-order valence-electron chi connectivity index (χ2n) is 3.49. The van der Waals surface area contributed by atoms with Crippen LogP contribution < -0.4 is 5.32 Å². The molecule has 0 bridgehead atoms. The lowest BCUT2D eigenvalue weighted by Gasteiger charge is -2.06. The SMILES string of the molecule is Cc1noc(C)c1CNc1ncccc1Cl. The molecular formula is C11H12ClN3O. The molecule has 0 spiro atoms. The van der Waals surface area contributed by atoms with E-state index in [1.54, 1.807) is 18.3 Å². The van der Waals surface area contributed by atoms with Gasteiger partial charge in [0, 0.05) is 18.3 Å². The van der Waals surface area contributed by atoms with Gasteiger partial charge < -0.3 is 9.84 Å². The summed E-state index contributed by atoms with van der Waals surface area (Å²) in [6.45, 7) is 4.41. The molecule has 0 aromatic carbocycles. The molecule has 0 fully saturated rings. The summed E-state index contributed by atoms with van der Waals surface area (Å²) in [5.74, 6) is 1.49. The van der Waals surface area contributed by atoms with Gasteiger partial charge in [0.15, 0.2) is 0 Å². The van der Waals surface area contributed by atoms with Crippen LogP contribution in [0.5, 0.6) is 0 Å². The molecule has 0 radical (unpaired) electrons. The minimum atomic E-state index is 0.606. The minimum Gasteiger partial charge on any atom is -0.365 e. The summed E-state index contributed by atoms with van der Waals surface area (Å²) in [5, 5.41) is 7.64. The van der Waals surface area contributed by atoms with Crippen molar-refractivity contribution in [2.24, 2.45) is 0 Å². The number of hydrogen-bond acceptors (Lipinski definition) is 4. The zero-order valence-corrected chi connectivity index (χ0v) is 9.88. The Hall–Kier alpha value is -1.55. The summed E-state index contributed by atoms with van der Waals surface area (Å²) in [5.41, 5.74) is 1.93. The van der Waals surface area contributed by atoms with Gasteiger partial charge in [0.05, 0.1) is 10.7 Å². The van der Waals surface area contributed by atoms with E-state index in [9.17, 15) is 0 Å². The second kappa shape index (κ2) is 4.53. The van der Waals surface area contributed by atoms with Crippen molar-refractivity contribution < 1.29 is 4.52 Å². The zero-order chi connectivity index (χ0) is 11.5. The van der Waals surface area contributed by atoms with Crippen molar-refractivity contribution in [3.8, 4) is 0 Å². The van der Waals surface area contributed by atoms with Crippen LogP contribution in [0.25, 0.3) is 0 Å². The van der Waals surface area contributed by atoms with Crippen LogP contribution >= 0.6 is 11.6 Å². The molecular weight excluding hydrogens is 226 g/mol. The topological polar surface area (TPSA) is 51.0 Å². The molecule has 2 aromatic heterocycles. The van der Waals surface area contributed by atoms with Gasteiger partial charge in [0.1, 0.15) is 11.6 Å².